The van der Waals surface area contributed by atoms with E-state index in [1.807, 2.05) is 48.5 Å². The lowest BCUT2D eigenvalue weighted by Crippen LogP contribution is -2.23. The standard InChI is InChI=1S/C30H35F3N2O2/c1-21(2)3-14-28(35-27-15-6-23(7-16-27)20-34-18-17-29(36)37)19-22-4-8-24(9-5-22)25-10-12-26(13-11-25)30(31,32)33/h4-13,15-16,21,28,34-35H,3,14,17-20H2,1-2H3,(H,36,37)/t28-/m0/s1. The lowest BCUT2D eigenvalue weighted by molar-refractivity contribution is -0.138. The highest BCUT2D eigenvalue weighted by molar-refractivity contribution is 5.66. The molecule has 198 valence electrons. The maximum atomic E-state index is 12.8. The van der Waals surface area contributed by atoms with E-state index in [4.69, 9.17) is 5.11 Å². The molecule has 0 fully saturated rings. The molecule has 0 bridgehead atoms. The van der Waals surface area contributed by atoms with Crippen LogP contribution in [0.1, 0.15) is 49.8 Å². The Morgan fingerprint density at radius 2 is 1.41 bits per heavy atom. The molecule has 0 amide bonds. The van der Waals surface area contributed by atoms with Crippen molar-refractivity contribution in [2.75, 3.05) is 11.9 Å². The molecule has 0 unspecified atom stereocenters. The van der Waals surface area contributed by atoms with Crippen molar-refractivity contribution in [3.05, 3.63) is 89.5 Å². The molecule has 3 aromatic carbocycles. The van der Waals surface area contributed by atoms with E-state index in [0.29, 0.717) is 19.0 Å². The largest absolute Gasteiger partial charge is 0.481 e. The number of aliphatic carboxylic acids is 1. The second kappa shape index (κ2) is 13.3. The van der Waals surface area contributed by atoms with Crippen LogP contribution in [0.25, 0.3) is 11.1 Å². The van der Waals surface area contributed by atoms with Crippen LogP contribution in [0, 0.1) is 5.92 Å². The van der Waals surface area contributed by atoms with Gasteiger partial charge in [-0.2, -0.15) is 13.2 Å². The average molecular weight is 513 g/mol. The molecular formula is C30H35F3N2O2. The first kappa shape index (κ1) is 28.3. The van der Waals surface area contributed by atoms with E-state index in [1.54, 1.807) is 0 Å². The lowest BCUT2D eigenvalue weighted by atomic mass is 9.96. The second-order valence-electron chi connectivity index (χ2n) is 9.81. The van der Waals surface area contributed by atoms with Crippen LogP contribution in [0.2, 0.25) is 0 Å². The van der Waals surface area contributed by atoms with Crippen molar-refractivity contribution in [3.63, 3.8) is 0 Å². The summed E-state index contributed by atoms with van der Waals surface area (Å²) in [6.07, 6.45) is -1.30. The van der Waals surface area contributed by atoms with Crippen LogP contribution >= 0.6 is 0 Å². The second-order valence-corrected chi connectivity index (χ2v) is 9.81. The average Bonchev–Trinajstić information content (AvgIpc) is 2.86. The molecule has 0 aromatic heterocycles. The molecule has 7 heteroatoms. The molecule has 0 heterocycles. The molecule has 0 aliphatic heterocycles. The fourth-order valence-corrected chi connectivity index (χ4v) is 4.11. The van der Waals surface area contributed by atoms with Crippen LogP contribution in [-0.4, -0.2) is 23.7 Å². The van der Waals surface area contributed by atoms with Crippen LogP contribution in [0.4, 0.5) is 18.9 Å². The number of hydrogen-bond donors (Lipinski definition) is 3. The molecule has 3 N–H and O–H groups in total. The highest BCUT2D eigenvalue weighted by Gasteiger charge is 2.29. The Kier molecular flexibility index (Phi) is 10.1. The van der Waals surface area contributed by atoms with Gasteiger partial charge in [-0.1, -0.05) is 62.4 Å². The predicted octanol–water partition coefficient (Wildman–Crippen LogP) is 7.40. The first-order chi connectivity index (χ1) is 17.6. The number of carboxylic acids is 1. The van der Waals surface area contributed by atoms with Gasteiger partial charge in [-0.05, 0) is 71.7 Å². The first-order valence-corrected chi connectivity index (χ1v) is 12.6. The number of carboxylic acid groups (broad SMARTS) is 1. The molecule has 0 spiro atoms. The van der Waals surface area contributed by atoms with Crippen molar-refractivity contribution >= 4 is 11.7 Å². The molecule has 3 aromatic rings. The summed E-state index contributed by atoms with van der Waals surface area (Å²) < 4.78 is 38.5. The van der Waals surface area contributed by atoms with Crippen molar-refractivity contribution in [2.45, 2.75) is 58.3 Å². The van der Waals surface area contributed by atoms with Gasteiger partial charge in [0, 0.05) is 24.8 Å². The molecule has 0 saturated carbocycles. The molecule has 0 radical (unpaired) electrons. The van der Waals surface area contributed by atoms with Gasteiger partial charge < -0.3 is 15.7 Å². The minimum absolute atomic E-state index is 0.0997. The van der Waals surface area contributed by atoms with Gasteiger partial charge in [0.1, 0.15) is 0 Å². The number of alkyl halides is 3. The first-order valence-electron chi connectivity index (χ1n) is 12.6. The van der Waals surface area contributed by atoms with Crippen molar-refractivity contribution in [2.24, 2.45) is 5.92 Å². The summed E-state index contributed by atoms with van der Waals surface area (Å²) in [4.78, 5) is 10.6. The summed E-state index contributed by atoms with van der Waals surface area (Å²) >= 11 is 0. The van der Waals surface area contributed by atoms with Gasteiger partial charge in [0.05, 0.1) is 12.0 Å². The van der Waals surface area contributed by atoms with Gasteiger partial charge in [-0.25, -0.2) is 0 Å². The van der Waals surface area contributed by atoms with Crippen molar-refractivity contribution in [1.82, 2.24) is 5.32 Å². The van der Waals surface area contributed by atoms with Gasteiger partial charge in [-0.15, -0.1) is 0 Å². The summed E-state index contributed by atoms with van der Waals surface area (Å²) in [7, 11) is 0. The number of anilines is 1. The third-order valence-corrected chi connectivity index (χ3v) is 6.24. The van der Waals surface area contributed by atoms with E-state index >= 15 is 0 Å². The van der Waals surface area contributed by atoms with Crippen molar-refractivity contribution in [3.8, 4) is 11.1 Å². The number of rotatable bonds is 13. The summed E-state index contributed by atoms with van der Waals surface area (Å²) in [5, 5.41) is 15.5. The maximum absolute atomic E-state index is 12.8. The summed E-state index contributed by atoms with van der Waals surface area (Å²) in [6, 6.07) is 21.7. The number of carbonyl (C=O) groups is 1. The van der Waals surface area contributed by atoms with Crippen LogP contribution < -0.4 is 10.6 Å². The Balaban J connectivity index is 1.62. The highest BCUT2D eigenvalue weighted by Crippen LogP contribution is 2.31. The maximum Gasteiger partial charge on any atom is 0.416 e. The summed E-state index contributed by atoms with van der Waals surface area (Å²) in [5.74, 6) is -0.223. The Bertz CT molecular complexity index is 1110. The van der Waals surface area contributed by atoms with Gasteiger partial charge in [0.15, 0.2) is 0 Å². The van der Waals surface area contributed by atoms with E-state index in [9.17, 15) is 18.0 Å². The zero-order valence-electron chi connectivity index (χ0n) is 21.3. The molecule has 37 heavy (non-hydrogen) atoms. The van der Waals surface area contributed by atoms with E-state index < -0.39 is 17.7 Å². The lowest BCUT2D eigenvalue weighted by Gasteiger charge is -2.22. The molecule has 1 atom stereocenters. The molecule has 3 rings (SSSR count). The number of hydrogen-bond acceptors (Lipinski definition) is 3. The van der Waals surface area contributed by atoms with Crippen molar-refractivity contribution in [1.29, 1.82) is 0 Å². The minimum atomic E-state index is -4.33. The van der Waals surface area contributed by atoms with E-state index in [0.717, 1.165) is 59.3 Å². The molecule has 0 aliphatic rings. The van der Waals surface area contributed by atoms with Gasteiger partial charge in [0.25, 0.3) is 0 Å². The quantitative estimate of drug-likeness (QED) is 0.209. The van der Waals surface area contributed by atoms with Crippen LogP contribution in [0.3, 0.4) is 0 Å². The van der Waals surface area contributed by atoms with Gasteiger partial charge in [0.2, 0.25) is 0 Å². The molecule has 0 saturated heterocycles. The zero-order chi connectivity index (χ0) is 26.8. The predicted molar refractivity (Wildman–Crippen MR) is 142 cm³/mol. The Labute approximate surface area is 216 Å². The number of benzene rings is 3. The zero-order valence-corrected chi connectivity index (χ0v) is 21.3. The summed E-state index contributed by atoms with van der Waals surface area (Å²) in [6.45, 7) is 5.48. The van der Waals surface area contributed by atoms with Gasteiger partial charge >= 0.3 is 12.1 Å². The molecule has 0 aliphatic carbocycles. The minimum Gasteiger partial charge on any atom is -0.481 e. The fraction of sp³-hybridized carbons (Fsp3) is 0.367. The van der Waals surface area contributed by atoms with E-state index in [-0.39, 0.29) is 12.5 Å². The SMILES string of the molecule is CC(C)CC[C@@H](Cc1ccc(-c2ccc(C(F)(F)F)cc2)cc1)Nc1ccc(CNCCC(=O)O)cc1. The summed E-state index contributed by atoms with van der Waals surface area (Å²) in [5.41, 5.74) is 4.28. The van der Waals surface area contributed by atoms with Crippen molar-refractivity contribution < 1.29 is 23.1 Å². The van der Waals surface area contributed by atoms with E-state index in [2.05, 4.69) is 24.5 Å². The fourth-order valence-electron chi connectivity index (χ4n) is 4.11. The van der Waals surface area contributed by atoms with Crippen LogP contribution in [-0.2, 0) is 23.9 Å². The van der Waals surface area contributed by atoms with E-state index in [1.165, 1.54) is 12.1 Å². The monoisotopic (exact) mass is 512 g/mol. The topological polar surface area (TPSA) is 61.4 Å². The third-order valence-electron chi connectivity index (χ3n) is 6.24. The molecule has 4 nitrogen and oxygen atoms in total. The smallest absolute Gasteiger partial charge is 0.416 e. The van der Waals surface area contributed by atoms with Crippen LogP contribution in [0.15, 0.2) is 72.8 Å². The Morgan fingerprint density at radius 3 is 1.95 bits per heavy atom. The molecular weight excluding hydrogens is 477 g/mol. The number of nitrogens with one attached hydrogen (secondary N) is 2. The van der Waals surface area contributed by atoms with Gasteiger partial charge in [-0.3, -0.25) is 4.79 Å². The number of halogens is 3. The Hall–Kier alpha value is -3.32. The van der Waals surface area contributed by atoms with Crippen LogP contribution in [0.5, 0.6) is 0 Å². The highest BCUT2D eigenvalue weighted by atomic mass is 19.4. The Morgan fingerprint density at radius 1 is 0.838 bits per heavy atom. The third kappa shape index (κ3) is 9.57. The normalized spacial score (nSPS) is 12.5.